The molecule has 0 bridgehead atoms. The second-order valence-corrected chi connectivity index (χ2v) is 3.61. The Balaban J connectivity index is 2.46. The van der Waals surface area contributed by atoms with Crippen LogP contribution < -0.4 is 5.73 Å². The van der Waals surface area contributed by atoms with E-state index in [1.807, 2.05) is 0 Å². The Morgan fingerprint density at radius 2 is 2.29 bits per heavy atom. The van der Waals surface area contributed by atoms with Gasteiger partial charge in [0, 0.05) is 23.7 Å². The standard InChI is InChI=1S/C11H11N3O3/c1-7-2-3-8(4-10(7)14(15)16)11-13-9(5-12)6-17-11/h2-4,6H,5,12H2,1H3. The van der Waals surface area contributed by atoms with E-state index >= 15 is 0 Å². The maximum Gasteiger partial charge on any atom is 0.273 e. The van der Waals surface area contributed by atoms with Gasteiger partial charge in [0.2, 0.25) is 5.89 Å². The molecule has 0 radical (unpaired) electrons. The first-order valence-electron chi connectivity index (χ1n) is 5.01. The summed E-state index contributed by atoms with van der Waals surface area (Å²) in [6.45, 7) is 1.96. The van der Waals surface area contributed by atoms with Gasteiger partial charge in [0.1, 0.15) is 6.26 Å². The van der Waals surface area contributed by atoms with E-state index in [1.165, 1.54) is 12.3 Å². The number of hydrogen-bond acceptors (Lipinski definition) is 5. The molecule has 6 nitrogen and oxygen atoms in total. The number of benzene rings is 1. The Morgan fingerprint density at radius 1 is 1.53 bits per heavy atom. The quantitative estimate of drug-likeness (QED) is 0.646. The molecule has 2 rings (SSSR count). The number of hydrogen-bond donors (Lipinski definition) is 1. The molecular weight excluding hydrogens is 222 g/mol. The number of rotatable bonds is 3. The molecule has 0 aliphatic carbocycles. The predicted octanol–water partition coefficient (Wildman–Crippen LogP) is 2.02. The van der Waals surface area contributed by atoms with Crippen LogP contribution in [0.25, 0.3) is 11.5 Å². The lowest BCUT2D eigenvalue weighted by Gasteiger charge is -1.99. The number of nitrogens with zero attached hydrogens (tertiary/aromatic N) is 2. The van der Waals surface area contributed by atoms with E-state index in [0.717, 1.165) is 0 Å². The highest BCUT2D eigenvalue weighted by Gasteiger charge is 2.14. The zero-order valence-corrected chi connectivity index (χ0v) is 9.21. The van der Waals surface area contributed by atoms with E-state index in [1.54, 1.807) is 19.1 Å². The second kappa shape index (κ2) is 4.34. The first-order valence-corrected chi connectivity index (χ1v) is 5.01. The minimum atomic E-state index is -0.425. The lowest BCUT2D eigenvalue weighted by molar-refractivity contribution is -0.385. The highest BCUT2D eigenvalue weighted by Crippen LogP contribution is 2.26. The van der Waals surface area contributed by atoms with Gasteiger partial charge in [-0.25, -0.2) is 4.98 Å². The molecule has 0 aliphatic rings. The molecule has 0 atom stereocenters. The smallest absolute Gasteiger partial charge is 0.273 e. The monoisotopic (exact) mass is 233 g/mol. The Hall–Kier alpha value is -2.21. The molecular formula is C11H11N3O3. The normalized spacial score (nSPS) is 10.5. The molecule has 0 spiro atoms. The Kier molecular flexibility index (Phi) is 2.88. The third kappa shape index (κ3) is 2.16. The molecule has 88 valence electrons. The third-order valence-corrected chi connectivity index (χ3v) is 2.41. The fourth-order valence-corrected chi connectivity index (χ4v) is 1.47. The zero-order valence-electron chi connectivity index (χ0n) is 9.21. The fraction of sp³-hybridized carbons (Fsp3) is 0.182. The molecule has 0 aliphatic heterocycles. The molecule has 1 aromatic heterocycles. The summed E-state index contributed by atoms with van der Waals surface area (Å²) in [5.41, 5.74) is 7.25. The van der Waals surface area contributed by atoms with Crippen molar-refractivity contribution in [3.8, 4) is 11.5 Å². The molecule has 0 saturated heterocycles. The Morgan fingerprint density at radius 3 is 2.88 bits per heavy atom. The van der Waals surface area contributed by atoms with Gasteiger partial charge in [-0.3, -0.25) is 10.1 Å². The first kappa shape index (κ1) is 11.3. The average molecular weight is 233 g/mol. The van der Waals surface area contributed by atoms with Gasteiger partial charge >= 0.3 is 0 Å². The van der Waals surface area contributed by atoms with Crippen molar-refractivity contribution in [2.45, 2.75) is 13.5 Å². The molecule has 0 fully saturated rings. The minimum absolute atomic E-state index is 0.0509. The van der Waals surface area contributed by atoms with Crippen molar-refractivity contribution in [2.75, 3.05) is 0 Å². The molecule has 1 heterocycles. The van der Waals surface area contributed by atoms with Crippen LogP contribution in [0.5, 0.6) is 0 Å². The number of nitrogens with two attached hydrogens (primary N) is 1. The van der Waals surface area contributed by atoms with Crippen LogP contribution in [-0.2, 0) is 6.54 Å². The number of nitro benzene ring substituents is 1. The van der Waals surface area contributed by atoms with Crippen LogP contribution >= 0.6 is 0 Å². The Bertz CT molecular complexity index is 563. The maximum atomic E-state index is 10.8. The molecule has 0 amide bonds. The van der Waals surface area contributed by atoms with E-state index in [4.69, 9.17) is 10.2 Å². The summed E-state index contributed by atoms with van der Waals surface area (Å²) in [4.78, 5) is 14.5. The molecule has 2 N–H and O–H groups in total. The van der Waals surface area contributed by atoms with Crippen molar-refractivity contribution in [2.24, 2.45) is 5.73 Å². The maximum absolute atomic E-state index is 10.8. The van der Waals surface area contributed by atoms with Crippen LogP contribution in [0.4, 0.5) is 5.69 Å². The number of nitro groups is 1. The molecule has 17 heavy (non-hydrogen) atoms. The zero-order chi connectivity index (χ0) is 12.4. The van der Waals surface area contributed by atoms with Crippen LogP contribution in [0.2, 0.25) is 0 Å². The predicted molar refractivity (Wildman–Crippen MR) is 61.2 cm³/mol. The van der Waals surface area contributed by atoms with Gasteiger partial charge in [-0.05, 0) is 13.0 Å². The van der Waals surface area contributed by atoms with Crippen molar-refractivity contribution < 1.29 is 9.34 Å². The van der Waals surface area contributed by atoms with Gasteiger partial charge in [0.15, 0.2) is 0 Å². The Labute approximate surface area is 97.2 Å². The van der Waals surface area contributed by atoms with E-state index in [9.17, 15) is 10.1 Å². The van der Waals surface area contributed by atoms with Gasteiger partial charge in [-0.2, -0.15) is 0 Å². The van der Waals surface area contributed by atoms with E-state index < -0.39 is 4.92 Å². The van der Waals surface area contributed by atoms with Crippen molar-refractivity contribution in [3.05, 3.63) is 45.8 Å². The molecule has 1 aromatic carbocycles. The van der Waals surface area contributed by atoms with Gasteiger partial charge in [-0.1, -0.05) is 6.07 Å². The van der Waals surface area contributed by atoms with Crippen LogP contribution in [0, 0.1) is 17.0 Å². The first-order chi connectivity index (χ1) is 8.11. The van der Waals surface area contributed by atoms with Crippen molar-refractivity contribution >= 4 is 5.69 Å². The summed E-state index contributed by atoms with van der Waals surface area (Å²) in [7, 11) is 0. The largest absolute Gasteiger partial charge is 0.444 e. The highest BCUT2D eigenvalue weighted by atomic mass is 16.6. The minimum Gasteiger partial charge on any atom is -0.444 e. The second-order valence-electron chi connectivity index (χ2n) is 3.61. The lowest BCUT2D eigenvalue weighted by atomic mass is 10.1. The number of aryl methyl sites for hydroxylation is 1. The SMILES string of the molecule is Cc1ccc(-c2nc(CN)co2)cc1[N+](=O)[O-]. The number of oxazole rings is 1. The van der Waals surface area contributed by atoms with Gasteiger partial charge in [0.25, 0.3) is 5.69 Å². The molecule has 0 saturated carbocycles. The van der Waals surface area contributed by atoms with Crippen LogP contribution in [0.3, 0.4) is 0 Å². The lowest BCUT2D eigenvalue weighted by Crippen LogP contribution is -1.96. The summed E-state index contributed by atoms with van der Waals surface area (Å²) in [6, 6.07) is 4.84. The van der Waals surface area contributed by atoms with E-state index in [2.05, 4.69) is 4.98 Å². The van der Waals surface area contributed by atoms with Crippen LogP contribution in [0.1, 0.15) is 11.3 Å². The average Bonchev–Trinajstić information content (AvgIpc) is 2.78. The summed E-state index contributed by atoms with van der Waals surface area (Å²) >= 11 is 0. The molecule has 2 aromatic rings. The van der Waals surface area contributed by atoms with Gasteiger partial charge in [0.05, 0.1) is 10.6 Å². The van der Waals surface area contributed by atoms with Crippen molar-refractivity contribution in [3.63, 3.8) is 0 Å². The third-order valence-electron chi connectivity index (χ3n) is 2.41. The topological polar surface area (TPSA) is 95.2 Å². The van der Waals surface area contributed by atoms with Crippen LogP contribution in [0.15, 0.2) is 28.9 Å². The van der Waals surface area contributed by atoms with Gasteiger partial charge in [-0.15, -0.1) is 0 Å². The highest BCUT2D eigenvalue weighted by molar-refractivity contribution is 5.60. The van der Waals surface area contributed by atoms with E-state index in [-0.39, 0.29) is 12.2 Å². The fourth-order valence-electron chi connectivity index (χ4n) is 1.47. The van der Waals surface area contributed by atoms with Crippen LogP contribution in [-0.4, -0.2) is 9.91 Å². The van der Waals surface area contributed by atoms with Crippen molar-refractivity contribution in [1.82, 2.24) is 4.98 Å². The van der Waals surface area contributed by atoms with Crippen molar-refractivity contribution in [1.29, 1.82) is 0 Å². The summed E-state index contributed by atoms with van der Waals surface area (Å²) in [6.07, 6.45) is 1.45. The van der Waals surface area contributed by atoms with Gasteiger partial charge < -0.3 is 10.2 Å². The summed E-state index contributed by atoms with van der Waals surface area (Å²) in [5, 5.41) is 10.8. The number of aromatic nitrogens is 1. The summed E-state index contributed by atoms with van der Waals surface area (Å²) < 4.78 is 5.20. The summed E-state index contributed by atoms with van der Waals surface area (Å²) in [5.74, 6) is 0.341. The van der Waals surface area contributed by atoms with E-state index in [0.29, 0.717) is 22.7 Å². The molecule has 6 heteroatoms. The molecule has 0 unspecified atom stereocenters.